The molecule has 37 heavy (non-hydrogen) atoms. The number of anilines is 2. The van der Waals surface area contributed by atoms with Gasteiger partial charge in [-0.2, -0.15) is 5.26 Å². The van der Waals surface area contributed by atoms with Crippen molar-refractivity contribution in [2.24, 2.45) is 0 Å². The lowest BCUT2D eigenvalue weighted by Gasteiger charge is -2.15. The standard InChI is InChI=1S/C29H28ClN3O4/c1-5-36-26-15-21(13-22(16-31)29(35)33-23-8-6-7-18(2)11-23)14-25(30)28(26)37-17-27(34)32-24-10-9-19(3)20(4)12-24/h6-15H,5,17H2,1-4H3,(H,32,34)(H,33,35)/b22-13+. The number of carbonyl (C=O) groups is 2. The van der Waals surface area contributed by atoms with E-state index in [0.29, 0.717) is 23.5 Å². The first-order chi connectivity index (χ1) is 17.7. The first-order valence-corrected chi connectivity index (χ1v) is 12.0. The Morgan fingerprint density at radius 1 is 0.973 bits per heavy atom. The fourth-order valence-electron chi connectivity index (χ4n) is 3.46. The average Bonchev–Trinajstić information content (AvgIpc) is 2.84. The SMILES string of the molecule is CCOc1cc(/C=C(\C#N)C(=O)Nc2cccc(C)c2)cc(Cl)c1OCC(=O)Nc1ccc(C)c(C)c1. The first kappa shape index (κ1) is 27.3. The lowest BCUT2D eigenvalue weighted by atomic mass is 10.1. The molecule has 0 bridgehead atoms. The molecule has 0 aliphatic carbocycles. The largest absolute Gasteiger partial charge is 0.490 e. The Morgan fingerprint density at radius 2 is 1.73 bits per heavy atom. The molecule has 0 radical (unpaired) electrons. The molecule has 2 amide bonds. The number of amides is 2. The summed E-state index contributed by atoms with van der Waals surface area (Å²) in [5.74, 6) is -0.425. The zero-order chi connectivity index (χ0) is 26.9. The predicted octanol–water partition coefficient (Wildman–Crippen LogP) is 6.23. The quantitative estimate of drug-likeness (QED) is 0.259. The second-order valence-corrected chi connectivity index (χ2v) is 8.80. The van der Waals surface area contributed by atoms with Gasteiger partial charge < -0.3 is 20.1 Å². The van der Waals surface area contributed by atoms with Crippen LogP contribution in [0.15, 0.2) is 60.2 Å². The molecule has 3 rings (SSSR count). The molecular formula is C29H28ClN3O4. The number of halogens is 1. The predicted molar refractivity (Wildman–Crippen MR) is 146 cm³/mol. The maximum Gasteiger partial charge on any atom is 0.266 e. The Bertz CT molecular complexity index is 1390. The van der Waals surface area contributed by atoms with Crippen LogP contribution in [-0.4, -0.2) is 25.0 Å². The number of hydrogen-bond acceptors (Lipinski definition) is 5. The highest BCUT2D eigenvalue weighted by atomic mass is 35.5. The van der Waals surface area contributed by atoms with Crippen molar-refractivity contribution >= 4 is 40.9 Å². The highest BCUT2D eigenvalue weighted by Gasteiger charge is 2.16. The summed E-state index contributed by atoms with van der Waals surface area (Å²) in [6.07, 6.45) is 1.41. The van der Waals surface area contributed by atoms with Crippen molar-refractivity contribution in [2.75, 3.05) is 23.8 Å². The van der Waals surface area contributed by atoms with Gasteiger partial charge in [0.25, 0.3) is 11.8 Å². The molecule has 0 unspecified atom stereocenters. The molecule has 0 saturated carbocycles. The van der Waals surface area contributed by atoms with Gasteiger partial charge in [0.1, 0.15) is 11.6 Å². The number of nitriles is 1. The molecule has 0 aliphatic heterocycles. The van der Waals surface area contributed by atoms with E-state index in [1.165, 1.54) is 12.1 Å². The summed E-state index contributed by atoms with van der Waals surface area (Å²) < 4.78 is 11.4. The number of nitrogens with zero attached hydrogens (tertiary/aromatic N) is 1. The second kappa shape index (κ2) is 12.6. The third-order valence-electron chi connectivity index (χ3n) is 5.42. The van der Waals surface area contributed by atoms with Crippen LogP contribution in [0.1, 0.15) is 29.2 Å². The van der Waals surface area contributed by atoms with Crippen LogP contribution in [0, 0.1) is 32.1 Å². The summed E-state index contributed by atoms with van der Waals surface area (Å²) in [6, 6.07) is 18.0. The average molecular weight is 518 g/mol. The van der Waals surface area contributed by atoms with E-state index in [2.05, 4.69) is 10.6 Å². The van der Waals surface area contributed by atoms with Gasteiger partial charge in [-0.15, -0.1) is 0 Å². The van der Waals surface area contributed by atoms with Crippen molar-refractivity contribution in [1.82, 2.24) is 0 Å². The van der Waals surface area contributed by atoms with Crippen LogP contribution in [0.5, 0.6) is 11.5 Å². The minimum absolute atomic E-state index is 0.110. The van der Waals surface area contributed by atoms with Crippen molar-refractivity contribution in [3.8, 4) is 17.6 Å². The smallest absolute Gasteiger partial charge is 0.266 e. The topological polar surface area (TPSA) is 100 Å². The van der Waals surface area contributed by atoms with Gasteiger partial charge in [-0.05, 0) is 92.4 Å². The summed E-state index contributed by atoms with van der Waals surface area (Å²) in [5, 5.41) is 15.3. The monoisotopic (exact) mass is 517 g/mol. The van der Waals surface area contributed by atoms with E-state index in [0.717, 1.165) is 16.7 Å². The fourth-order valence-corrected chi connectivity index (χ4v) is 3.74. The summed E-state index contributed by atoms with van der Waals surface area (Å²) in [7, 11) is 0. The summed E-state index contributed by atoms with van der Waals surface area (Å²) in [6.45, 7) is 7.69. The Morgan fingerprint density at radius 3 is 2.41 bits per heavy atom. The van der Waals surface area contributed by atoms with Crippen molar-refractivity contribution in [2.45, 2.75) is 27.7 Å². The number of nitrogens with one attached hydrogen (secondary N) is 2. The Kier molecular flexibility index (Phi) is 9.31. The van der Waals surface area contributed by atoms with Gasteiger partial charge >= 0.3 is 0 Å². The number of ether oxygens (including phenoxy) is 2. The molecule has 0 atom stereocenters. The Balaban J connectivity index is 1.77. The normalized spacial score (nSPS) is 10.9. The van der Waals surface area contributed by atoms with Crippen molar-refractivity contribution in [3.63, 3.8) is 0 Å². The van der Waals surface area contributed by atoms with E-state index in [1.807, 2.05) is 57.2 Å². The minimum Gasteiger partial charge on any atom is -0.490 e. The van der Waals surface area contributed by atoms with Crippen LogP contribution < -0.4 is 20.1 Å². The molecule has 0 aromatic heterocycles. The molecule has 7 nitrogen and oxygen atoms in total. The maximum atomic E-state index is 12.7. The number of benzene rings is 3. The van der Waals surface area contributed by atoms with Crippen molar-refractivity contribution in [3.05, 3.63) is 87.4 Å². The van der Waals surface area contributed by atoms with Gasteiger partial charge in [0.15, 0.2) is 18.1 Å². The van der Waals surface area contributed by atoms with Crippen LogP contribution in [0.25, 0.3) is 6.08 Å². The molecule has 2 N–H and O–H groups in total. The lowest BCUT2D eigenvalue weighted by Crippen LogP contribution is -2.20. The highest BCUT2D eigenvalue weighted by Crippen LogP contribution is 2.37. The number of aryl methyl sites for hydroxylation is 3. The van der Waals surface area contributed by atoms with Crippen molar-refractivity contribution in [1.29, 1.82) is 5.26 Å². The van der Waals surface area contributed by atoms with Gasteiger partial charge in [0.05, 0.1) is 11.6 Å². The zero-order valence-electron chi connectivity index (χ0n) is 21.1. The molecule has 0 aliphatic rings. The fraction of sp³-hybridized carbons (Fsp3) is 0.207. The van der Waals surface area contributed by atoms with Gasteiger partial charge in [0, 0.05) is 11.4 Å². The van der Waals surface area contributed by atoms with Crippen molar-refractivity contribution < 1.29 is 19.1 Å². The third-order valence-corrected chi connectivity index (χ3v) is 5.70. The molecular weight excluding hydrogens is 490 g/mol. The maximum absolute atomic E-state index is 12.7. The van der Waals surface area contributed by atoms with E-state index >= 15 is 0 Å². The van der Waals surface area contributed by atoms with Gasteiger partial charge in [-0.1, -0.05) is 29.8 Å². The van der Waals surface area contributed by atoms with E-state index in [9.17, 15) is 14.9 Å². The molecule has 3 aromatic rings. The van der Waals surface area contributed by atoms with Gasteiger partial charge in [-0.25, -0.2) is 0 Å². The van der Waals surface area contributed by atoms with Crippen LogP contribution in [-0.2, 0) is 9.59 Å². The van der Waals surface area contributed by atoms with E-state index in [4.69, 9.17) is 21.1 Å². The molecule has 0 saturated heterocycles. The summed E-state index contributed by atoms with van der Waals surface area (Å²) in [5.41, 5.74) is 4.78. The Hall–Kier alpha value is -4.28. The number of rotatable bonds is 9. The molecule has 8 heteroatoms. The van der Waals surface area contributed by atoms with Crippen LogP contribution in [0.4, 0.5) is 11.4 Å². The van der Waals surface area contributed by atoms with Crippen LogP contribution in [0.3, 0.4) is 0 Å². The van der Waals surface area contributed by atoms with Gasteiger partial charge in [-0.3, -0.25) is 9.59 Å². The molecule has 190 valence electrons. The van der Waals surface area contributed by atoms with E-state index < -0.39 is 5.91 Å². The number of carbonyl (C=O) groups excluding carboxylic acids is 2. The Labute approximate surface area is 221 Å². The van der Waals surface area contributed by atoms with E-state index in [1.54, 1.807) is 25.1 Å². The third kappa shape index (κ3) is 7.60. The highest BCUT2D eigenvalue weighted by molar-refractivity contribution is 6.32. The number of hydrogen-bond donors (Lipinski definition) is 2. The second-order valence-electron chi connectivity index (χ2n) is 8.39. The minimum atomic E-state index is -0.550. The molecule has 0 fully saturated rings. The summed E-state index contributed by atoms with van der Waals surface area (Å²) in [4.78, 5) is 25.1. The summed E-state index contributed by atoms with van der Waals surface area (Å²) >= 11 is 6.46. The van der Waals surface area contributed by atoms with E-state index in [-0.39, 0.29) is 34.6 Å². The zero-order valence-corrected chi connectivity index (χ0v) is 21.9. The lowest BCUT2D eigenvalue weighted by molar-refractivity contribution is -0.118. The van der Waals surface area contributed by atoms with Crippen LogP contribution >= 0.6 is 11.6 Å². The van der Waals surface area contributed by atoms with Crippen LogP contribution in [0.2, 0.25) is 5.02 Å². The molecule has 0 heterocycles. The molecule has 0 spiro atoms. The molecule has 3 aromatic carbocycles. The van der Waals surface area contributed by atoms with Gasteiger partial charge in [0.2, 0.25) is 0 Å². The first-order valence-electron chi connectivity index (χ1n) is 11.7.